The van der Waals surface area contributed by atoms with E-state index in [0.717, 1.165) is 25.5 Å². The lowest BCUT2D eigenvalue weighted by molar-refractivity contribution is -0.110. The molecule has 0 bridgehead atoms. The standard InChI is InChI=1S/C15H22O2/c1-12(11-16)9-14-6-4-5-13(10-14)7-8-15(2,3)17/h4-6,10-12,17H,7-9H2,1-3H3. The van der Waals surface area contributed by atoms with E-state index >= 15 is 0 Å². The van der Waals surface area contributed by atoms with Gasteiger partial charge in [-0.2, -0.15) is 0 Å². The van der Waals surface area contributed by atoms with Crippen molar-refractivity contribution in [2.75, 3.05) is 0 Å². The van der Waals surface area contributed by atoms with Gasteiger partial charge in [-0.25, -0.2) is 0 Å². The summed E-state index contributed by atoms with van der Waals surface area (Å²) in [4.78, 5) is 10.6. The van der Waals surface area contributed by atoms with Crippen LogP contribution in [0, 0.1) is 5.92 Å². The number of carbonyl (C=O) groups is 1. The summed E-state index contributed by atoms with van der Waals surface area (Å²) in [5.41, 5.74) is 1.80. The summed E-state index contributed by atoms with van der Waals surface area (Å²) in [6.07, 6.45) is 3.40. The third-order valence-electron chi connectivity index (χ3n) is 2.81. The normalized spacial score (nSPS) is 13.4. The third kappa shape index (κ3) is 5.64. The number of hydrogen-bond donors (Lipinski definition) is 1. The Bertz CT molecular complexity index is 363. The lowest BCUT2D eigenvalue weighted by Crippen LogP contribution is -2.19. The monoisotopic (exact) mass is 234 g/mol. The predicted octanol–water partition coefficient (Wildman–Crippen LogP) is 2.77. The maximum Gasteiger partial charge on any atom is 0.123 e. The van der Waals surface area contributed by atoms with Crippen molar-refractivity contribution in [1.29, 1.82) is 0 Å². The van der Waals surface area contributed by atoms with Gasteiger partial charge in [-0.05, 0) is 44.2 Å². The molecule has 94 valence electrons. The average Bonchev–Trinajstić information content (AvgIpc) is 2.26. The average molecular weight is 234 g/mol. The molecule has 1 aromatic carbocycles. The van der Waals surface area contributed by atoms with E-state index in [9.17, 15) is 9.90 Å². The van der Waals surface area contributed by atoms with Crippen LogP contribution in [0.1, 0.15) is 38.3 Å². The second kappa shape index (κ2) is 5.97. The lowest BCUT2D eigenvalue weighted by atomic mass is 9.95. The Balaban J connectivity index is 2.62. The molecule has 2 nitrogen and oxygen atoms in total. The zero-order valence-electron chi connectivity index (χ0n) is 10.9. The van der Waals surface area contributed by atoms with Gasteiger partial charge in [-0.1, -0.05) is 31.2 Å². The van der Waals surface area contributed by atoms with E-state index in [-0.39, 0.29) is 5.92 Å². The van der Waals surface area contributed by atoms with Crippen molar-refractivity contribution in [3.8, 4) is 0 Å². The molecule has 0 aromatic heterocycles. The second-order valence-corrected chi connectivity index (χ2v) is 5.45. The number of aldehydes is 1. The summed E-state index contributed by atoms with van der Waals surface area (Å²) < 4.78 is 0. The first-order chi connectivity index (χ1) is 7.90. The van der Waals surface area contributed by atoms with Crippen molar-refractivity contribution in [3.05, 3.63) is 35.4 Å². The van der Waals surface area contributed by atoms with Crippen molar-refractivity contribution in [3.63, 3.8) is 0 Å². The highest BCUT2D eigenvalue weighted by Crippen LogP contribution is 2.15. The van der Waals surface area contributed by atoms with Gasteiger partial charge in [0.25, 0.3) is 0 Å². The Morgan fingerprint density at radius 2 is 2.00 bits per heavy atom. The van der Waals surface area contributed by atoms with Crippen LogP contribution in [0.4, 0.5) is 0 Å². The molecular formula is C15H22O2. The summed E-state index contributed by atoms with van der Waals surface area (Å²) in [6.45, 7) is 5.58. The summed E-state index contributed by atoms with van der Waals surface area (Å²) in [6, 6.07) is 8.27. The van der Waals surface area contributed by atoms with Gasteiger partial charge in [0.1, 0.15) is 6.29 Å². The van der Waals surface area contributed by atoms with Gasteiger partial charge in [-0.15, -0.1) is 0 Å². The summed E-state index contributed by atoms with van der Waals surface area (Å²) in [5.74, 6) is 0.0690. The molecule has 0 fully saturated rings. The van der Waals surface area contributed by atoms with E-state index in [1.165, 1.54) is 11.1 Å². The molecule has 0 saturated carbocycles. The first-order valence-corrected chi connectivity index (χ1v) is 6.16. The van der Waals surface area contributed by atoms with Gasteiger partial charge in [0.15, 0.2) is 0 Å². The third-order valence-corrected chi connectivity index (χ3v) is 2.81. The Morgan fingerprint density at radius 1 is 1.35 bits per heavy atom. The first-order valence-electron chi connectivity index (χ1n) is 6.16. The van der Waals surface area contributed by atoms with Crippen LogP contribution in [0.3, 0.4) is 0 Å². The molecule has 1 atom stereocenters. The number of rotatable bonds is 6. The van der Waals surface area contributed by atoms with Gasteiger partial charge >= 0.3 is 0 Å². The summed E-state index contributed by atoms with van der Waals surface area (Å²) >= 11 is 0. The Labute approximate surface area is 104 Å². The van der Waals surface area contributed by atoms with E-state index in [2.05, 4.69) is 12.1 Å². The van der Waals surface area contributed by atoms with Crippen molar-refractivity contribution in [2.24, 2.45) is 5.92 Å². The van der Waals surface area contributed by atoms with Crippen LogP contribution in [0.15, 0.2) is 24.3 Å². The molecule has 17 heavy (non-hydrogen) atoms. The van der Waals surface area contributed by atoms with Gasteiger partial charge in [0.2, 0.25) is 0 Å². The molecule has 1 unspecified atom stereocenters. The van der Waals surface area contributed by atoms with E-state index < -0.39 is 5.60 Å². The maximum atomic E-state index is 10.6. The van der Waals surface area contributed by atoms with E-state index in [1.807, 2.05) is 32.9 Å². The van der Waals surface area contributed by atoms with Crippen molar-refractivity contribution >= 4 is 6.29 Å². The van der Waals surface area contributed by atoms with Crippen molar-refractivity contribution in [2.45, 2.75) is 45.6 Å². The smallest absolute Gasteiger partial charge is 0.123 e. The minimum absolute atomic E-state index is 0.0690. The molecule has 2 heteroatoms. The molecule has 0 radical (unpaired) electrons. The van der Waals surface area contributed by atoms with Crippen LogP contribution in [0.2, 0.25) is 0 Å². The predicted molar refractivity (Wildman–Crippen MR) is 70.0 cm³/mol. The van der Waals surface area contributed by atoms with Crippen molar-refractivity contribution < 1.29 is 9.90 Å². The molecule has 0 heterocycles. The molecule has 0 spiro atoms. The summed E-state index contributed by atoms with van der Waals surface area (Å²) in [5, 5.41) is 9.69. The van der Waals surface area contributed by atoms with E-state index in [1.54, 1.807) is 0 Å². The van der Waals surface area contributed by atoms with E-state index in [4.69, 9.17) is 0 Å². The molecule has 0 amide bonds. The molecular weight excluding hydrogens is 212 g/mol. The van der Waals surface area contributed by atoms with Gasteiger partial charge in [0, 0.05) is 5.92 Å². The Kier molecular flexibility index (Phi) is 4.88. The number of benzene rings is 1. The maximum absolute atomic E-state index is 10.6. The van der Waals surface area contributed by atoms with Crippen molar-refractivity contribution in [1.82, 2.24) is 0 Å². The minimum atomic E-state index is -0.619. The molecule has 0 aliphatic carbocycles. The quantitative estimate of drug-likeness (QED) is 0.768. The van der Waals surface area contributed by atoms with Crippen LogP contribution in [0.5, 0.6) is 0 Å². The van der Waals surface area contributed by atoms with Crippen LogP contribution < -0.4 is 0 Å². The molecule has 0 aliphatic rings. The highest BCUT2D eigenvalue weighted by atomic mass is 16.3. The first kappa shape index (κ1) is 13.9. The highest BCUT2D eigenvalue weighted by molar-refractivity contribution is 5.53. The molecule has 0 saturated heterocycles. The Hall–Kier alpha value is -1.15. The van der Waals surface area contributed by atoms with E-state index in [0.29, 0.717) is 0 Å². The molecule has 1 N–H and O–H groups in total. The zero-order valence-corrected chi connectivity index (χ0v) is 10.9. The number of aryl methyl sites for hydroxylation is 1. The number of carbonyl (C=O) groups excluding carboxylic acids is 1. The molecule has 1 aromatic rings. The van der Waals surface area contributed by atoms with Crippen LogP contribution in [-0.2, 0) is 17.6 Å². The Morgan fingerprint density at radius 3 is 2.59 bits per heavy atom. The lowest BCUT2D eigenvalue weighted by Gasteiger charge is -2.17. The SMILES string of the molecule is CC(C=O)Cc1cccc(CCC(C)(C)O)c1. The topological polar surface area (TPSA) is 37.3 Å². The van der Waals surface area contributed by atoms with Crippen LogP contribution in [-0.4, -0.2) is 17.0 Å². The minimum Gasteiger partial charge on any atom is -0.390 e. The van der Waals surface area contributed by atoms with Gasteiger partial charge in [0.05, 0.1) is 5.60 Å². The summed E-state index contributed by atoms with van der Waals surface area (Å²) in [7, 11) is 0. The highest BCUT2D eigenvalue weighted by Gasteiger charge is 2.12. The molecule has 1 rings (SSSR count). The van der Waals surface area contributed by atoms with Crippen LogP contribution in [0.25, 0.3) is 0 Å². The molecule has 0 aliphatic heterocycles. The second-order valence-electron chi connectivity index (χ2n) is 5.45. The zero-order chi connectivity index (χ0) is 12.9. The largest absolute Gasteiger partial charge is 0.390 e. The fourth-order valence-electron chi connectivity index (χ4n) is 1.78. The fourth-order valence-corrected chi connectivity index (χ4v) is 1.78. The van der Waals surface area contributed by atoms with Gasteiger partial charge < -0.3 is 9.90 Å². The van der Waals surface area contributed by atoms with Crippen LogP contribution >= 0.6 is 0 Å². The van der Waals surface area contributed by atoms with Gasteiger partial charge in [-0.3, -0.25) is 0 Å². The number of aliphatic hydroxyl groups is 1. The fraction of sp³-hybridized carbons (Fsp3) is 0.533. The number of hydrogen-bond acceptors (Lipinski definition) is 2.